The van der Waals surface area contributed by atoms with E-state index in [1.165, 1.54) is 17.1 Å². The lowest BCUT2D eigenvalue weighted by Crippen LogP contribution is -2.08. The summed E-state index contributed by atoms with van der Waals surface area (Å²) in [6.07, 6.45) is 1.32. The molecule has 1 unspecified atom stereocenters. The molecule has 2 rings (SSSR count). The van der Waals surface area contributed by atoms with Gasteiger partial charge in [0.25, 0.3) is 0 Å². The highest BCUT2D eigenvalue weighted by molar-refractivity contribution is 7.12. The first-order valence-corrected chi connectivity index (χ1v) is 6.70. The van der Waals surface area contributed by atoms with Crippen LogP contribution in [-0.4, -0.2) is 9.91 Å². The van der Waals surface area contributed by atoms with Crippen molar-refractivity contribution in [2.24, 2.45) is 0 Å². The first-order chi connectivity index (χ1) is 9.51. The molecule has 2 aromatic heterocycles. The SMILES string of the molecule is Cc1ccc(C(C)Nc2ncc(C#N)cc2[N+](=O)[O-])s1. The summed E-state index contributed by atoms with van der Waals surface area (Å²) in [7, 11) is 0. The molecule has 0 saturated carbocycles. The molecule has 0 fully saturated rings. The van der Waals surface area contributed by atoms with Crippen molar-refractivity contribution in [3.63, 3.8) is 0 Å². The number of nitriles is 1. The zero-order valence-electron chi connectivity index (χ0n) is 11.0. The first-order valence-electron chi connectivity index (χ1n) is 5.88. The average molecular weight is 288 g/mol. The molecular formula is C13H12N4O2S. The Balaban J connectivity index is 2.29. The normalized spacial score (nSPS) is 11.7. The van der Waals surface area contributed by atoms with Gasteiger partial charge in [0.2, 0.25) is 5.82 Å². The van der Waals surface area contributed by atoms with E-state index in [0.29, 0.717) is 0 Å². The third-order valence-corrected chi connectivity index (χ3v) is 3.92. The van der Waals surface area contributed by atoms with Crippen LogP contribution >= 0.6 is 11.3 Å². The summed E-state index contributed by atoms with van der Waals surface area (Å²) in [5.74, 6) is 0.174. The van der Waals surface area contributed by atoms with E-state index in [2.05, 4.69) is 10.3 Å². The summed E-state index contributed by atoms with van der Waals surface area (Å²) in [6, 6.07) is 6.96. The van der Waals surface area contributed by atoms with Crippen LogP contribution in [0.3, 0.4) is 0 Å². The lowest BCUT2D eigenvalue weighted by Gasteiger charge is -2.12. The van der Waals surface area contributed by atoms with Crippen LogP contribution < -0.4 is 5.32 Å². The summed E-state index contributed by atoms with van der Waals surface area (Å²) in [4.78, 5) is 16.7. The largest absolute Gasteiger partial charge is 0.357 e. The number of nitrogens with one attached hydrogen (secondary N) is 1. The Morgan fingerprint density at radius 1 is 1.55 bits per heavy atom. The Labute approximate surface area is 119 Å². The van der Waals surface area contributed by atoms with Gasteiger partial charge in [0.1, 0.15) is 6.07 Å². The third kappa shape index (κ3) is 2.92. The number of hydrogen-bond acceptors (Lipinski definition) is 6. The maximum absolute atomic E-state index is 11.0. The fourth-order valence-corrected chi connectivity index (χ4v) is 2.61. The van der Waals surface area contributed by atoms with Crippen molar-refractivity contribution < 1.29 is 4.92 Å². The van der Waals surface area contributed by atoms with Crippen LogP contribution in [0, 0.1) is 28.4 Å². The summed E-state index contributed by atoms with van der Waals surface area (Å²) in [5.41, 5.74) is -0.0222. The first kappa shape index (κ1) is 14.0. The fraction of sp³-hybridized carbons (Fsp3) is 0.231. The standard InChI is InChI=1S/C13H12N4O2S/c1-8-3-4-12(20-8)9(2)16-13-11(17(18)19)5-10(6-14)7-15-13/h3-5,7,9H,1-2H3,(H,15,16). The topological polar surface area (TPSA) is 91.8 Å². The predicted octanol–water partition coefficient (Wildman–Crippen LogP) is 3.40. The quantitative estimate of drug-likeness (QED) is 0.687. The Morgan fingerprint density at radius 2 is 2.30 bits per heavy atom. The predicted molar refractivity (Wildman–Crippen MR) is 76.7 cm³/mol. The van der Waals surface area contributed by atoms with Gasteiger partial charge in [0.05, 0.1) is 16.5 Å². The summed E-state index contributed by atoms with van der Waals surface area (Å²) >= 11 is 1.62. The second-order valence-electron chi connectivity index (χ2n) is 4.28. The molecule has 6 nitrogen and oxygen atoms in total. The minimum absolute atomic E-state index is 0.0900. The molecule has 20 heavy (non-hydrogen) atoms. The molecule has 2 aromatic rings. The number of aryl methyl sites for hydroxylation is 1. The second kappa shape index (κ2) is 5.67. The van der Waals surface area contributed by atoms with Crippen molar-refractivity contribution >= 4 is 22.8 Å². The van der Waals surface area contributed by atoms with E-state index in [0.717, 1.165) is 4.88 Å². The maximum atomic E-state index is 11.0. The zero-order chi connectivity index (χ0) is 14.7. The van der Waals surface area contributed by atoms with Crippen LogP contribution in [0.5, 0.6) is 0 Å². The Morgan fingerprint density at radius 3 is 2.85 bits per heavy atom. The third-order valence-electron chi connectivity index (χ3n) is 2.73. The Bertz CT molecular complexity index is 690. The van der Waals surface area contributed by atoms with E-state index in [1.54, 1.807) is 11.3 Å². The highest BCUT2D eigenvalue weighted by atomic mass is 32.1. The maximum Gasteiger partial charge on any atom is 0.312 e. The van der Waals surface area contributed by atoms with Gasteiger partial charge < -0.3 is 5.32 Å². The summed E-state index contributed by atoms with van der Waals surface area (Å²) < 4.78 is 0. The van der Waals surface area contributed by atoms with Crippen molar-refractivity contribution in [2.45, 2.75) is 19.9 Å². The van der Waals surface area contributed by atoms with Crippen LogP contribution in [0.15, 0.2) is 24.4 Å². The molecule has 0 aromatic carbocycles. The molecule has 0 aliphatic carbocycles. The second-order valence-corrected chi connectivity index (χ2v) is 5.59. The minimum atomic E-state index is -0.539. The molecule has 0 aliphatic heterocycles. The van der Waals surface area contributed by atoms with Crippen molar-refractivity contribution in [1.82, 2.24) is 4.98 Å². The van der Waals surface area contributed by atoms with Gasteiger partial charge in [-0.3, -0.25) is 10.1 Å². The number of pyridine rings is 1. The van der Waals surface area contributed by atoms with Crippen LogP contribution in [0.25, 0.3) is 0 Å². The molecule has 0 amide bonds. The van der Waals surface area contributed by atoms with Gasteiger partial charge >= 0.3 is 5.69 Å². The molecule has 0 bridgehead atoms. The molecule has 2 heterocycles. The lowest BCUT2D eigenvalue weighted by atomic mass is 10.2. The summed E-state index contributed by atoms with van der Waals surface area (Å²) in [5, 5.41) is 22.8. The van der Waals surface area contributed by atoms with Crippen LogP contribution in [0.4, 0.5) is 11.5 Å². The smallest absolute Gasteiger partial charge is 0.312 e. The number of aromatic nitrogens is 1. The van der Waals surface area contributed by atoms with Gasteiger partial charge in [-0.1, -0.05) is 0 Å². The van der Waals surface area contributed by atoms with E-state index in [1.807, 2.05) is 32.0 Å². The van der Waals surface area contributed by atoms with Gasteiger partial charge in [-0.2, -0.15) is 5.26 Å². The van der Waals surface area contributed by atoms with Crippen LogP contribution in [-0.2, 0) is 0 Å². The number of nitro groups is 1. The monoisotopic (exact) mass is 288 g/mol. The molecule has 7 heteroatoms. The fourth-order valence-electron chi connectivity index (χ4n) is 1.73. The molecule has 0 aliphatic rings. The number of anilines is 1. The molecule has 1 N–H and O–H groups in total. The van der Waals surface area contributed by atoms with E-state index < -0.39 is 4.92 Å². The number of rotatable bonds is 4. The Hall–Kier alpha value is -2.46. The molecular weight excluding hydrogens is 276 g/mol. The zero-order valence-corrected chi connectivity index (χ0v) is 11.8. The molecule has 0 radical (unpaired) electrons. The van der Waals surface area contributed by atoms with E-state index in [4.69, 9.17) is 5.26 Å². The van der Waals surface area contributed by atoms with Crippen molar-refractivity contribution in [3.05, 3.63) is 49.8 Å². The molecule has 0 spiro atoms. The van der Waals surface area contributed by atoms with Crippen LogP contribution in [0.1, 0.15) is 28.3 Å². The number of nitrogens with zero attached hydrogens (tertiary/aromatic N) is 3. The van der Waals surface area contributed by atoms with Crippen LogP contribution in [0.2, 0.25) is 0 Å². The molecule has 0 saturated heterocycles. The van der Waals surface area contributed by atoms with Crippen molar-refractivity contribution in [3.8, 4) is 6.07 Å². The summed E-state index contributed by atoms with van der Waals surface area (Å²) in [6.45, 7) is 3.91. The van der Waals surface area contributed by atoms with Gasteiger partial charge in [-0.15, -0.1) is 11.3 Å². The van der Waals surface area contributed by atoms with Crippen molar-refractivity contribution in [2.75, 3.05) is 5.32 Å². The van der Waals surface area contributed by atoms with Crippen molar-refractivity contribution in [1.29, 1.82) is 5.26 Å². The molecule has 102 valence electrons. The van der Waals surface area contributed by atoms with E-state index in [-0.39, 0.29) is 23.1 Å². The number of thiophene rings is 1. The van der Waals surface area contributed by atoms with E-state index >= 15 is 0 Å². The van der Waals surface area contributed by atoms with Gasteiger partial charge in [0.15, 0.2) is 0 Å². The average Bonchev–Trinajstić information content (AvgIpc) is 2.85. The molecule has 1 atom stereocenters. The highest BCUT2D eigenvalue weighted by Gasteiger charge is 2.19. The van der Waals surface area contributed by atoms with Gasteiger partial charge in [0, 0.05) is 22.0 Å². The van der Waals surface area contributed by atoms with E-state index in [9.17, 15) is 10.1 Å². The highest BCUT2D eigenvalue weighted by Crippen LogP contribution is 2.29. The Kier molecular flexibility index (Phi) is 3.96. The number of hydrogen-bond donors (Lipinski definition) is 1. The van der Waals surface area contributed by atoms with Gasteiger partial charge in [-0.05, 0) is 26.0 Å². The van der Waals surface area contributed by atoms with Gasteiger partial charge in [-0.25, -0.2) is 4.98 Å². The minimum Gasteiger partial charge on any atom is -0.357 e. The lowest BCUT2D eigenvalue weighted by molar-refractivity contribution is -0.384.